The maximum Gasteiger partial charge on any atom is 0.305 e. The Bertz CT molecular complexity index is 447. The Morgan fingerprint density at radius 3 is 2.44 bits per heavy atom. The molecule has 1 aromatic heterocycles. The SMILES string of the molecule is CN(CCC(=O)O)C(=O)c1n[nH]c(C(C)(C)C)n1. The number of amides is 1. The minimum atomic E-state index is -0.944. The van der Waals surface area contributed by atoms with Crippen molar-refractivity contribution in [2.45, 2.75) is 32.6 Å². The second kappa shape index (κ2) is 5.16. The molecule has 1 heterocycles. The van der Waals surface area contributed by atoms with Gasteiger partial charge in [0.05, 0.1) is 6.42 Å². The molecule has 0 unspecified atom stereocenters. The number of aliphatic carboxylic acids is 1. The predicted molar refractivity (Wildman–Crippen MR) is 64.3 cm³/mol. The van der Waals surface area contributed by atoms with Crippen molar-refractivity contribution in [1.29, 1.82) is 0 Å². The highest BCUT2D eigenvalue weighted by atomic mass is 16.4. The summed E-state index contributed by atoms with van der Waals surface area (Å²) in [6, 6.07) is 0. The van der Waals surface area contributed by atoms with Gasteiger partial charge in [0.25, 0.3) is 5.91 Å². The maximum absolute atomic E-state index is 11.9. The van der Waals surface area contributed by atoms with E-state index in [1.54, 1.807) is 0 Å². The van der Waals surface area contributed by atoms with Crippen molar-refractivity contribution in [3.63, 3.8) is 0 Å². The number of aromatic amines is 1. The van der Waals surface area contributed by atoms with Crippen LogP contribution in [0.1, 0.15) is 43.6 Å². The molecule has 0 spiro atoms. The average molecular weight is 254 g/mol. The zero-order valence-corrected chi connectivity index (χ0v) is 11.0. The van der Waals surface area contributed by atoms with Crippen molar-refractivity contribution in [2.24, 2.45) is 0 Å². The molecule has 0 atom stereocenters. The molecule has 1 aromatic rings. The van der Waals surface area contributed by atoms with Crippen molar-refractivity contribution in [3.05, 3.63) is 11.6 Å². The highest BCUT2D eigenvalue weighted by Gasteiger charge is 2.23. The lowest BCUT2D eigenvalue weighted by molar-refractivity contribution is -0.137. The Morgan fingerprint density at radius 2 is 2.00 bits per heavy atom. The van der Waals surface area contributed by atoms with Crippen molar-refractivity contribution in [3.8, 4) is 0 Å². The zero-order chi connectivity index (χ0) is 13.9. The minimum absolute atomic E-state index is 0.0628. The molecular weight excluding hydrogens is 236 g/mol. The van der Waals surface area contributed by atoms with E-state index >= 15 is 0 Å². The topological polar surface area (TPSA) is 99.2 Å². The van der Waals surface area contributed by atoms with Crippen LogP contribution in [-0.4, -0.2) is 50.7 Å². The van der Waals surface area contributed by atoms with Gasteiger partial charge in [0.15, 0.2) is 0 Å². The first-order valence-electron chi connectivity index (χ1n) is 5.62. The number of hydrogen-bond acceptors (Lipinski definition) is 4. The third kappa shape index (κ3) is 3.54. The molecule has 1 amide bonds. The molecule has 0 saturated heterocycles. The normalized spacial score (nSPS) is 11.3. The van der Waals surface area contributed by atoms with Crippen molar-refractivity contribution in [1.82, 2.24) is 20.1 Å². The fourth-order valence-electron chi connectivity index (χ4n) is 1.23. The summed E-state index contributed by atoms with van der Waals surface area (Å²) in [6.45, 7) is 6.00. The highest BCUT2D eigenvalue weighted by Crippen LogP contribution is 2.17. The van der Waals surface area contributed by atoms with E-state index < -0.39 is 5.97 Å². The van der Waals surface area contributed by atoms with Crippen LogP contribution < -0.4 is 0 Å². The highest BCUT2D eigenvalue weighted by molar-refractivity contribution is 5.90. The van der Waals surface area contributed by atoms with Gasteiger partial charge >= 0.3 is 5.97 Å². The van der Waals surface area contributed by atoms with Gasteiger partial charge in [-0.05, 0) is 0 Å². The number of aromatic nitrogens is 3. The van der Waals surface area contributed by atoms with Crippen LogP contribution in [0, 0.1) is 0 Å². The first-order chi connectivity index (χ1) is 8.21. The fourth-order valence-corrected chi connectivity index (χ4v) is 1.23. The van der Waals surface area contributed by atoms with Gasteiger partial charge in [0.1, 0.15) is 5.82 Å². The van der Waals surface area contributed by atoms with E-state index in [2.05, 4.69) is 15.2 Å². The van der Waals surface area contributed by atoms with E-state index in [0.29, 0.717) is 5.82 Å². The first-order valence-corrected chi connectivity index (χ1v) is 5.62. The van der Waals surface area contributed by atoms with Crippen molar-refractivity contribution in [2.75, 3.05) is 13.6 Å². The summed E-state index contributed by atoms with van der Waals surface area (Å²) in [7, 11) is 1.53. The van der Waals surface area contributed by atoms with Crippen molar-refractivity contribution < 1.29 is 14.7 Å². The summed E-state index contributed by atoms with van der Waals surface area (Å²) < 4.78 is 0. The second-order valence-electron chi connectivity index (χ2n) is 5.13. The standard InChI is InChI=1S/C11H18N4O3/c1-11(2,3)10-12-8(13-14-10)9(18)15(4)6-5-7(16)17/h5-6H2,1-4H3,(H,16,17)(H,12,13,14). The number of carboxylic acids is 1. The zero-order valence-electron chi connectivity index (χ0n) is 11.0. The molecular formula is C11H18N4O3. The van der Waals surface area contributed by atoms with Gasteiger partial charge < -0.3 is 10.0 Å². The van der Waals surface area contributed by atoms with E-state index in [-0.39, 0.29) is 30.1 Å². The van der Waals surface area contributed by atoms with Gasteiger partial charge in [-0.15, -0.1) is 5.10 Å². The number of carbonyl (C=O) groups is 2. The number of rotatable bonds is 4. The van der Waals surface area contributed by atoms with Gasteiger partial charge in [-0.1, -0.05) is 20.8 Å². The average Bonchev–Trinajstić information content (AvgIpc) is 2.73. The predicted octanol–water partition coefficient (Wildman–Crippen LogP) is 0.649. The van der Waals surface area contributed by atoms with Gasteiger partial charge in [-0.2, -0.15) is 0 Å². The lowest BCUT2D eigenvalue weighted by Gasteiger charge is -2.14. The molecule has 0 fully saturated rings. The van der Waals surface area contributed by atoms with Gasteiger partial charge in [0, 0.05) is 19.0 Å². The van der Waals surface area contributed by atoms with E-state index in [1.165, 1.54) is 11.9 Å². The van der Waals surface area contributed by atoms with E-state index in [0.717, 1.165) is 0 Å². The smallest absolute Gasteiger partial charge is 0.305 e. The van der Waals surface area contributed by atoms with Crippen LogP contribution in [0.25, 0.3) is 0 Å². The monoisotopic (exact) mass is 254 g/mol. The Labute approximate surface area is 105 Å². The third-order valence-electron chi connectivity index (χ3n) is 2.39. The summed E-state index contributed by atoms with van der Waals surface area (Å²) in [5.74, 6) is -0.645. The quantitative estimate of drug-likeness (QED) is 0.821. The van der Waals surface area contributed by atoms with Gasteiger partial charge in [-0.3, -0.25) is 14.7 Å². The third-order valence-corrected chi connectivity index (χ3v) is 2.39. The summed E-state index contributed by atoms with van der Waals surface area (Å²) in [5.41, 5.74) is -0.217. The maximum atomic E-state index is 11.9. The summed E-state index contributed by atoms with van der Waals surface area (Å²) >= 11 is 0. The molecule has 1 rings (SSSR count). The number of nitrogens with zero attached hydrogens (tertiary/aromatic N) is 3. The number of carbonyl (C=O) groups excluding carboxylic acids is 1. The Balaban J connectivity index is 2.72. The molecule has 100 valence electrons. The summed E-state index contributed by atoms with van der Waals surface area (Å²) in [5, 5.41) is 15.1. The molecule has 0 aliphatic carbocycles. The number of H-pyrrole nitrogens is 1. The Kier molecular flexibility index (Phi) is 4.05. The molecule has 0 aromatic carbocycles. The molecule has 0 aliphatic rings. The first kappa shape index (κ1) is 14.1. The van der Waals surface area contributed by atoms with E-state index in [4.69, 9.17) is 5.11 Å². The molecule has 0 radical (unpaired) electrons. The fraction of sp³-hybridized carbons (Fsp3) is 0.636. The van der Waals surface area contributed by atoms with Crippen LogP contribution in [0.2, 0.25) is 0 Å². The minimum Gasteiger partial charge on any atom is -0.481 e. The van der Waals surface area contributed by atoms with Crippen molar-refractivity contribution >= 4 is 11.9 Å². The molecule has 0 saturated carbocycles. The molecule has 7 nitrogen and oxygen atoms in total. The van der Waals surface area contributed by atoms with Crippen LogP contribution in [0.3, 0.4) is 0 Å². The Morgan fingerprint density at radius 1 is 1.39 bits per heavy atom. The molecule has 0 bridgehead atoms. The Hall–Kier alpha value is -1.92. The lowest BCUT2D eigenvalue weighted by Crippen LogP contribution is -2.30. The van der Waals surface area contributed by atoms with Crippen LogP contribution in [0.15, 0.2) is 0 Å². The second-order valence-corrected chi connectivity index (χ2v) is 5.13. The van der Waals surface area contributed by atoms with Crippen LogP contribution >= 0.6 is 0 Å². The molecule has 0 aliphatic heterocycles. The summed E-state index contributed by atoms with van der Waals surface area (Å²) in [6.07, 6.45) is -0.0984. The number of nitrogens with one attached hydrogen (secondary N) is 1. The summed E-state index contributed by atoms with van der Waals surface area (Å²) in [4.78, 5) is 27.7. The van der Waals surface area contributed by atoms with Crippen LogP contribution in [-0.2, 0) is 10.2 Å². The lowest BCUT2D eigenvalue weighted by atomic mass is 9.96. The molecule has 18 heavy (non-hydrogen) atoms. The van der Waals surface area contributed by atoms with Gasteiger partial charge in [-0.25, -0.2) is 4.98 Å². The molecule has 2 N–H and O–H groups in total. The number of hydrogen-bond donors (Lipinski definition) is 2. The van der Waals surface area contributed by atoms with E-state index in [1.807, 2.05) is 20.8 Å². The van der Waals surface area contributed by atoms with Crippen LogP contribution in [0.4, 0.5) is 0 Å². The molecule has 7 heteroatoms. The van der Waals surface area contributed by atoms with Gasteiger partial charge in [0.2, 0.25) is 5.82 Å². The van der Waals surface area contributed by atoms with Crippen LogP contribution in [0.5, 0.6) is 0 Å². The van der Waals surface area contributed by atoms with E-state index in [9.17, 15) is 9.59 Å². The number of carboxylic acid groups (broad SMARTS) is 1. The largest absolute Gasteiger partial charge is 0.481 e.